The number of nitrogens with zero attached hydrogens (tertiary/aromatic N) is 4. The van der Waals surface area contributed by atoms with Gasteiger partial charge in [0.1, 0.15) is 17.8 Å². The van der Waals surface area contributed by atoms with Crippen LogP contribution in [0.15, 0.2) is 73.1 Å². The third kappa shape index (κ3) is 10.7. The van der Waals surface area contributed by atoms with Crippen LogP contribution in [-0.2, 0) is 26.2 Å². The van der Waals surface area contributed by atoms with Gasteiger partial charge in [0.15, 0.2) is 5.82 Å². The Morgan fingerprint density at radius 1 is 0.877 bits per heavy atom. The number of aliphatic carboxylic acids is 1. The molecule has 0 radical (unpaired) electrons. The average molecular weight is 794 g/mol. The van der Waals surface area contributed by atoms with Crippen LogP contribution in [0.2, 0.25) is 0 Å². The largest absolute Gasteiger partial charge is 0.494 e. The van der Waals surface area contributed by atoms with Crippen molar-refractivity contribution in [3.63, 3.8) is 0 Å². The summed E-state index contributed by atoms with van der Waals surface area (Å²) in [6.45, 7) is 10.1. The maximum atomic E-state index is 14.4. The van der Waals surface area contributed by atoms with E-state index in [1.807, 2.05) is 54.6 Å². The van der Waals surface area contributed by atoms with Crippen LogP contribution >= 0.6 is 11.3 Å². The number of unbranched alkanes of at least 4 members (excludes halogenated alkanes) is 4. The smallest absolute Gasteiger partial charge is 0.308 e. The number of aromatic nitrogens is 2. The molecule has 4 heterocycles. The van der Waals surface area contributed by atoms with Crippen molar-refractivity contribution in [1.29, 1.82) is 0 Å². The predicted molar refractivity (Wildman–Crippen MR) is 222 cm³/mol. The number of hydrogen-bond acceptors (Lipinski definition) is 8. The van der Waals surface area contributed by atoms with Gasteiger partial charge in [-0.05, 0) is 66.5 Å². The van der Waals surface area contributed by atoms with Crippen LogP contribution in [0.3, 0.4) is 0 Å². The van der Waals surface area contributed by atoms with Gasteiger partial charge in [-0.1, -0.05) is 89.8 Å². The molecule has 2 aliphatic heterocycles. The molecule has 2 aliphatic rings. The monoisotopic (exact) mass is 793 g/mol. The lowest BCUT2D eigenvalue weighted by Crippen LogP contribution is -2.54. The normalized spacial score (nSPS) is 17.4. The number of nitrogens with one attached hydrogen (secondary N) is 1. The predicted octanol–water partition coefficient (Wildman–Crippen LogP) is 7.78. The summed E-state index contributed by atoms with van der Waals surface area (Å²) < 4.78 is 5.92. The molecule has 4 aromatic rings. The molecule has 0 spiro atoms. The Hall–Kier alpha value is -5.10. The van der Waals surface area contributed by atoms with Crippen LogP contribution < -0.4 is 10.1 Å². The first-order valence-corrected chi connectivity index (χ1v) is 21.1. The number of amides is 3. The number of ether oxygens (including phenoxy) is 1. The van der Waals surface area contributed by atoms with Crippen LogP contribution in [-0.4, -0.2) is 86.9 Å². The van der Waals surface area contributed by atoms with E-state index in [4.69, 9.17) is 4.74 Å². The lowest BCUT2D eigenvalue weighted by molar-refractivity contribution is -0.145. The summed E-state index contributed by atoms with van der Waals surface area (Å²) in [6.07, 6.45) is 11.3. The van der Waals surface area contributed by atoms with Crippen LogP contribution in [0.4, 0.5) is 0 Å². The molecule has 2 aromatic heterocycles. The number of benzene rings is 2. The van der Waals surface area contributed by atoms with E-state index in [1.54, 1.807) is 28.3 Å². The molecule has 3 amide bonds. The number of hydrogen-bond donors (Lipinski definition) is 2. The van der Waals surface area contributed by atoms with Gasteiger partial charge in [-0.2, -0.15) is 0 Å². The van der Waals surface area contributed by atoms with Crippen LogP contribution in [0.25, 0.3) is 22.5 Å². The van der Waals surface area contributed by atoms with Gasteiger partial charge < -0.3 is 25.0 Å². The van der Waals surface area contributed by atoms with Gasteiger partial charge in [-0.25, -0.2) is 9.97 Å². The number of carboxylic acid groups (broad SMARTS) is 1. The maximum Gasteiger partial charge on any atom is 0.308 e. The van der Waals surface area contributed by atoms with Gasteiger partial charge in [-0.15, -0.1) is 11.3 Å². The molecule has 2 saturated heterocycles. The van der Waals surface area contributed by atoms with Crippen molar-refractivity contribution in [3.8, 4) is 28.3 Å². The van der Waals surface area contributed by atoms with Crippen LogP contribution in [0, 0.1) is 5.92 Å². The summed E-state index contributed by atoms with van der Waals surface area (Å²) in [4.78, 5) is 67.2. The summed E-state index contributed by atoms with van der Waals surface area (Å²) in [5.41, 5.74) is 3.39. The van der Waals surface area contributed by atoms with Gasteiger partial charge in [-0.3, -0.25) is 19.2 Å². The Morgan fingerprint density at radius 3 is 2.23 bits per heavy atom. The molecule has 2 fully saturated rings. The molecule has 3 atom stereocenters. The highest BCUT2D eigenvalue weighted by atomic mass is 32.1. The first-order valence-electron chi connectivity index (χ1n) is 20.3. The highest BCUT2D eigenvalue weighted by molar-refractivity contribution is 7.14. The summed E-state index contributed by atoms with van der Waals surface area (Å²) in [5.74, 6) is -1.01. The van der Waals surface area contributed by atoms with Gasteiger partial charge in [0.25, 0.3) is 5.91 Å². The molecule has 6 rings (SSSR count). The zero-order valence-electron chi connectivity index (χ0n) is 33.5. The molecule has 0 saturated carbocycles. The number of carbonyl (C=O) groups excluding carboxylic acids is 3. The standard InChI is InChI=1S/C45H55N5O6S/c1-5-6-7-8-9-25-56-35-18-16-31(17-19-35)34-27-46-40(47-28-34)32-14-12-30(13-15-32)26-36(48-41(51)38-20-21-39(57-38)45(2,3)4)42(52)50-23-10-11-37(50)43(53)49-24-22-33(29-49)44(54)55/h12-21,27-28,33,36-37H,5-11,22-26,29H2,1-4H3,(H,48,51)(H,54,55)/t33?,36-,37?/m0/s1. The van der Waals surface area contributed by atoms with Crippen molar-refractivity contribution in [3.05, 3.63) is 88.4 Å². The Balaban J connectivity index is 1.13. The van der Waals surface area contributed by atoms with Crippen molar-refractivity contribution in [1.82, 2.24) is 25.1 Å². The Labute approximate surface area is 339 Å². The van der Waals surface area contributed by atoms with E-state index in [1.165, 1.54) is 37.0 Å². The number of carbonyl (C=O) groups is 4. The molecule has 2 unspecified atom stereocenters. The summed E-state index contributed by atoms with van der Waals surface area (Å²) >= 11 is 1.40. The zero-order chi connectivity index (χ0) is 40.5. The molecule has 11 nitrogen and oxygen atoms in total. The Morgan fingerprint density at radius 2 is 1.58 bits per heavy atom. The molecule has 12 heteroatoms. The fraction of sp³-hybridized carbons (Fsp3) is 0.467. The third-order valence-corrected chi connectivity index (χ3v) is 12.4. The highest BCUT2D eigenvalue weighted by Crippen LogP contribution is 2.30. The molecule has 57 heavy (non-hydrogen) atoms. The van der Waals surface area contributed by atoms with E-state index in [9.17, 15) is 24.3 Å². The van der Waals surface area contributed by atoms with E-state index in [2.05, 4.69) is 43.0 Å². The SMILES string of the molecule is CCCCCCCOc1ccc(-c2cnc(-c3ccc(C[C@H](NC(=O)c4ccc(C(C)(C)C)s4)C(=O)N4CCCC4C(=O)N4CCC(C(=O)O)C4)cc3)nc2)cc1. The number of rotatable bonds is 16. The zero-order valence-corrected chi connectivity index (χ0v) is 34.4. The molecular formula is C45H55N5O6S. The lowest BCUT2D eigenvalue weighted by atomic mass is 9.95. The quantitative estimate of drug-likeness (QED) is 0.110. The molecule has 2 N–H and O–H groups in total. The van der Waals surface area contributed by atoms with Crippen molar-refractivity contribution >= 4 is 35.0 Å². The molecular weight excluding hydrogens is 739 g/mol. The fourth-order valence-electron chi connectivity index (χ4n) is 7.44. The van der Waals surface area contributed by atoms with E-state index in [-0.39, 0.29) is 36.1 Å². The second-order valence-electron chi connectivity index (χ2n) is 16.2. The van der Waals surface area contributed by atoms with Crippen molar-refractivity contribution in [2.75, 3.05) is 26.2 Å². The lowest BCUT2D eigenvalue weighted by Gasteiger charge is -2.31. The van der Waals surface area contributed by atoms with Crippen LogP contribution in [0.1, 0.15) is 99.2 Å². The first-order chi connectivity index (χ1) is 27.4. The van der Waals surface area contributed by atoms with Gasteiger partial charge in [0, 0.05) is 54.5 Å². The number of thiophene rings is 1. The van der Waals surface area contributed by atoms with Crippen molar-refractivity contribution in [2.24, 2.45) is 5.92 Å². The van der Waals surface area contributed by atoms with Crippen LogP contribution in [0.5, 0.6) is 5.75 Å². The Bertz CT molecular complexity index is 1990. The number of likely N-dealkylation sites (tertiary alicyclic amines) is 2. The minimum absolute atomic E-state index is 0.129. The second kappa shape index (κ2) is 18.9. The van der Waals surface area contributed by atoms with Crippen molar-refractivity contribution in [2.45, 2.75) is 103 Å². The van der Waals surface area contributed by atoms with Crippen molar-refractivity contribution < 1.29 is 29.0 Å². The number of carboxylic acids is 1. The van der Waals surface area contributed by atoms with E-state index >= 15 is 0 Å². The minimum Gasteiger partial charge on any atom is -0.494 e. The van der Waals surface area contributed by atoms with E-state index < -0.39 is 24.0 Å². The molecule has 0 bridgehead atoms. The summed E-state index contributed by atoms with van der Waals surface area (Å²) in [5, 5.41) is 12.5. The van der Waals surface area contributed by atoms with Gasteiger partial charge >= 0.3 is 5.97 Å². The highest BCUT2D eigenvalue weighted by Gasteiger charge is 2.42. The topological polar surface area (TPSA) is 142 Å². The minimum atomic E-state index is -0.930. The second-order valence-corrected chi connectivity index (χ2v) is 17.3. The fourth-order valence-corrected chi connectivity index (χ4v) is 8.41. The van der Waals surface area contributed by atoms with E-state index in [0.717, 1.165) is 45.9 Å². The molecule has 0 aliphatic carbocycles. The van der Waals surface area contributed by atoms with Gasteiger partial charge in [0.05, 0.1) is 17.4 Å². The summed E-state index contributed by atoms with van der Waals surface area (Å²) in [6, 6.07) is 17.7. The van der Waals surface area contributed by atoms with E-state index in [0.29, 0.717) is 43.1 Å². The maximum absolute atomic E-state index is 14.4. The average Bonchev–Trinajstić information content (AvgIpc) is 4.01. The summed E-state index contributed by atoms with van der Waals surface area (Å²) in [7, 11) is 0. The van der Waals surface area contributed by atoms with Gasteiger partial charge in [0.2, 0.25) is 11.8 Å². The first kappa shape index (κ1) is 41.5. The molecule has 302 valence electrons. The molecule has 2 aromatic carbocycles. The Kier molecular flexibility index (Phi) is 13.8. The third-order valence-electron chi connectivity index (χ3n) is 10.9.